The molecule has 1 aromatic carbocycles. The van der Waals surface area contributed by atoms with Crippen LogP contribution in [-0.2, 0) is 13.1 Å². The molecule has 0 saturated heterocycles. The number of rotatable bonds is 4. The molecule has 0 amide bonds. The second kappa shape index (κ2) is 6.36. The molecule has 0 fully saturated rings. The Labute approximate surface area is 146 Å². The van der Waals surface area contributed by atoms with Crippen molar-refractivity contribution in [2.75, 3.05) is 6.54 Å². The van der Waals surface area contributed by atoms with Crippen LogP contribution in [0.25, 0.3) is 5.69 Å². The van der Waals surface area contributed by atoms with E-state index in [0.29, 0.717) is 12.5 Å². The van der Waals surface area contributed by atoms with Crippen LogP contribution in [0.1, 0.15) is 50.2 Å². The molecule has 0 spiro atoms. The molecule has 2 aromatic heterocycles. The van der Waals surface area contributed by atoms with Crippen molar-refractivity contribution in [2.24, 2.45) is 0 Å². The maximum Gasteiger partial charge on any atom is 0.170 e. The molecule has 1 atom stereocenters. The first-order chi connectivity index (χ1) is 12.1. The third-order valence-electron chi connectivity index (χ3n) is 4.74. The van der Waals surface area contributed by atoms with Crippen molar-refractivity contribution in [3.05, 3.63) is 47.8 Å². The Bertz CT molecular complexity index is 851. The summed E-state index contributed by atoms with van der Waals surface area (Å²) in [5.74, 6) is 3.30. The highest BCUT2D eigenvalue weighted by Gasteiger charge is 2.29. The second-order valence-electron chi connectivity index (χ2n) is 6.71. The number of tetrazole rings is 1. The minimum atomic E-state index is 0.176. The second-order valence-corrected chi connectivity index (χ2v) is 6.71. The van der Waals surface area contributed by atoms with E-state index < -0.39 is 0 Å². The fraction of sp³-hybridized carbons (Fsp3) is 0.471. The van der Waals surface area contributed by atoms with E-state index in [0.717, 1.165) is 36.3 Å². The molecule has 1 unspecified atom stereocenters. The Hall–Kier alpha value is -2.61. The van der Waals surface area contributed by atoms with Crippen LogP contribution in [0.2, 0.25) is 0 Å². The van der Waals surface area contributed by atoms with Gasteiger partial charge in [-0.25, -0.2) is 0 Å². The molecule has 130 valence electrons. The molecule has 0 N–H and O–H groups in total. The summed E-state index contributed by atoms with van der Waals surface area (Å²) in [5.41, 5.74) is 0.970. The van der Waals surface area contributed by atoms with Gasteiger partial charge in [0, 0.05) is 19.0 Å². The van der Waals surface area contributed by atoms with Gasteiger partial charge in [-0.1, -0.05) is 32.0 Å². The predicted molar refractivity (Wildman–Crippen MR) is 92.1 cm³/mol. The molecular weight excluding hydrogens is 316 g/mol. The fourth-order valence-corrected chi connectivity index (χ4v) is 3.35. The van der Waals surface area contributed by atoms with Crippen LogP contribution >= 0.6 is 0 Å². The first-order valence-electron chi connectivity index (χ1n) is 8.65. The number of hydrogen-bond acceptors (Lipinski definition) is 6. The van der Waals surface area contributed by atoms with Gasteiger partial charge in [-0.2, -0.15) is 4.68 Å². The zero-order valence-corrected chi connectivity index (χ0v) is 14.7. The lowest BCUT2D eigenvalue weighted by molar-refractivity contribution is 0.149. The molecule has 0 saturated carbocycles. The van der Waals surface area contributed by atoms with Crippen molar-refractivity contribution >= 4 is 0 Å². The molecule has 8 heteroatoms. The van der Waals surface area contributed by atoms with Crippen LogP contribution in [0, 0.1) is 0 Å². The van der Waals surface area contributed by atoms with Crippen molar-refractivity contribution in [1.82, 2.24) is 39.9 Å². The molecule has 1 aliphatic heterocycles. The van der Waals surface area contributed by atoms with E-state index in [1.165, 1.54) is 0 Å². The minimum Gasteiger partial charge on any atom is -0.312 e. The van der Waals surface area contributed by atoms with Crippen LogP contribution in [0.4, 0.5) is 0 Å². The Morgan fingerprint density at radius 1 is 1.08 bits per heavy atom. The molecular formula is C17H22N8. The summed E-state index contributed by atoms with van der Waals surface area (Å²) in [7, 11) is 0. The van der Waals surface area contributed by atoms with Crippen LogP contribution in [-0.4, -0.2) is 46.4 Å². The molecule has 25 heavy (non-hydrogen) atoms. The monoisotopic (exact) mass is 338 g/mol. The van der Waals surface area contributed by atoms with E-state index in [1.54, 1.807) is 4.68 Å². The number of benzene rings is 1. The van der Waals surface area contributed by atoms with Crippen molar-refractivity contribution in [3.63, 3.8) is 0 Å². The molecule has 0 aliphatic carbocycles. The lowest BCUT2D eigenvalue weighted by Gasteiger charge is -2.33. The summed E-state index contributed by atoms with van der Waals surface area (Å²) in [6.45, 7) is 8.97. The van der Waals surface area contributed by atoms with E-state index in [9.17, 15) is 0 Å². The van der Waals surface area contributed by atoms with Gasteiger partial charge in [0.05, 0.1) is 18.3 Å². The van der Waals surface area contributed by atoms with Gasteiger partial charge in [-0.3, -0.25) is 4.90 Å². The summed E-state index contributed by atoms with van der Waals surface area (Å²) in [5, 5.41) is 21.1. The number of fused-ring (bicyclic) bond motifs is 1. The number of aromatic nitrogens is 7. The summed E-state index contributed by atoms with van der Waals surface area (Å²) in [4.78, 5) is 2.35. The molecule has 3 heterocycles. The highest BCUT2D eigenvalue weighted by atomic mass is 15.5. The van der Waals surface area contributed by atoms with Gasteiger partial charge in [0.25, 0.3) is 0 Å². The molecule has 0 radical (unpaired) electrons. The van der Waals surface area contributed by atoms with Crippen LogP contribution < -0.4 is 0 Å². The Balaban J connectivity index is 1.58. The quantitative estimate of drug-likeness (QED) is 0.724. The topological polar surface area (TPSA) is 77.6 Å². The average Bonchev–Trinajstić information content (AvgIpc) is 3.25. The van der Waals surface area contributed by atoms with Gasteiger partial charge >= 0.3 is 0 Å². The normalized spacial score (nSPS) is 17.8. The predicted octanol–water partition coefficient (Wildman–Crippen LogP) is 1.95. The lowest BCUT2D eigenvalue weighted by Crippen LogP contribution is -2.37. The maximum atomic E-state index is 4.43. The van der Waals surface area contributed by atoms with Crippen molar-refractivity contribution in [2.45, 2.75) is 45.8 Å². The largest absolute Gasteiger partial charge is 0.312 e. The highest BCUT2D eigenvalue weighted by Crippen LogP contribution is 2.27. The number of nitrogens with zero attached hydrogens (tertiary/aromatic N) is 8. The highest BCUT2D eigenvalue weighted by molar-refractivity contribution is 5.30. The third-order valence-corrected chi connectivity index (χ3v) is 4.74. The first kappa shape index (κ1) is 15.9. The molecule has 8 nitrogen and oxygen atoms in total. The zero-order valence-electron chi connectivity index (χ0n) is 14.7. The Morgan fingerprint density at radius 3 is 2.64 bits per heavy atom. The fourth-order valence-electron chi connectivity index (χ4n) is 3.35. The standard InChI is InChI=1S/C17H22N8/c1-12(2)16-19-20-17-13(3)23(9-10-24(16)17)11-15-18-21-22-25(15)14-7-5-4-6-8-14/h4-8,12-13H,9-11H2,1-3H3. The molecule has 1 aliphatic rings. The van der Waals surface area contributed by atoms with Gasteiger partial charge < -0.3 is 4.57 Å². The summed E-state index contributed by atoms with van der Waals surface area (Å²) in [6, 6.07) is 10.1. The lowest BCUT2D eigenvalue weighted by atomic mass is 10.1. The Kier molecular flexibility index (Phi) is 4.04. The van der Waals surface area contributed by atoms with Crippen LogP contribution in [0.5, 0.6) is 0 Å². The third kappa shape index (κ3) is 2.82. The summed E-state index contributed by atoms with van der Waals surface area (Å²) in [6.07, 6.45) is 0. The van der Waals surface area contributed by atoms with Crippen LogP contribution in [0.3, 0.4) is 0 Å². The molecule has 0 bridgehead atoms. The zero-order chi connectivity index (χ0) is 17.4. The Morgan fingerprint density at radius 2 is 1.88 bits per heavy atom. The van der Waals surface area contributed by atoms with E-state index in [1.807, 2.05) is 30.3 Å². The SMILES string of the molecule is CC(C)c1nnc2n1CCN(Cc1nnnn1-c1ccccc1)C2C. The molecule has 3 aromatic rings. The van der Waals surface area contributed by atoms with Crippen LogP contribution in [0.15, 0.2) is 30.3 Å². The van der Waals surface area contributed by atoms with E-state index >= 15 is 0 Å². The van der Waals surface area contributed by atoms with Gasteiger partial charge in [-0.15, -0.1) is 15.3 Å². The van der Waals surface area contributed by atoms with Crippen molar-refractivity contribution < 1.29 is 0 Å². The minimum absolute atomic E-state index is 0.176. The summed E-state index contributed by atoms with van der Waals surface area (Å²) < 4.78 is 4.05. The van der Waals surface area contributed by atoms with E-state index in [2.05, 4.69) is 56.0 Å². The average molecular weight is 338 g/mol. The van der Waals surface area contributed by atoms with Gasteiger partial charge in [0.2, 0.25) is 0 Å². The smallest absolute Gasteiger partial charge is 0.170 e. The number of para-hydroxylation sites is 1. The number of hydrogen-bond donors (Lipinski definition) is 0. The van der Waals surface area contributed by atoms with E-state index in [4.69, 9.17) is 0 Å². The summed E-state index contributed by atoms with van der Waals surface area (Å²) >= 11 is 0. The molecule has 4 rings (SSSR count). The van der Waals surface area contributed by atoms with Crippen molar-refractivity contribution in [3.8, 4) is 5.69 Å². The maximum absolute atomic E-state index is 4.43. The first-order valence-corrected chi connectivity index (χ1v) is 8.65. The van der Waals surface area contributed by atoms with Crippen molar-refractivity contribution in [1.29, 1.82) is 0 Å². The van der Waals surface area contributed by atoms with Gasteiger partial charge in [0.15, 0.2) is 5.82 Å². The van der Waals surface area contributed by atoms with Gasteiger partial charge in [-0.05, 0) is 29.5 Å². The van der Waals surface area contributed by atoms with Gasteiger partial charge in [0.1, 0.15) is 11.6 Å². The van der Waals surface area contributed by atoms with E-state index in [-0.39, 0.29) is 6.04 Å².